The maximum absolute atomic E-state index is 12.4. The molecule has 5 nitrogen and oxygen atoms in total. The minimum atomic E-state index is -0.177. The molecule has 0 spiro atoms. The quantitative estimate of drug-likeness (QED) is 0.534. The van der Waals surface area contributed by atoms with Crippen molar-refractivity contribution in [3.05, 3.63) is 65.2 Å². The Labute approximate surface area is 165 Å². The number of amides is 2. The van der Waals surface area contributed by atoms with Crippen molar-refractivity contribution in [2.24, 2.45) is 0 Å². The van der Waals surface area contributed by atoms with E-state index in [0.29, 0.717) is 17.7 Å². The molecule has 5 heteroatoms. The number of nitrogens with zero attached hydrogens (tertiary/aromatic N) is 1. The van der Waals surface area contributed by atoms with E-state index < -0.39 is 0 Å². The maximum atomic E-state index is 12.4. The van der Waals surface area contributed by atoms with Crippen molar-refractivity contribution in [3.63, 3.8) is 0 Å². The summed E-state index contributed by atoms with van der Waals surface area (Å²) >= 11 is 0. The first-order valence-corrected chi connectivity index (χ1v) is 10.0. The van der Waals surface area contributed by atoms with Gasteiger partial charge in [0, 0.05) is 13.0 Å². The van der Waals surface area contributed by atoms with E-state index in [9.17, 15) is 9.59 Å². The lowest BCUT2D eigenvalue weighted by Gasteiger charge is -2.23. The molecular weight excluding hydrogens is 354 g/mol. The maximum Gasteiger partial charge on any atom is 0.261 e. The molecule has 2 amide bonds. The molecule has 2 aromatic carbocycles. The first-order valence-electron chi connectivity index (χ1n) is 10.0. The van der Waals surface area contributed by atoms with Crippen molar-refractivity contribution < 1.29 is 19.1 Å². The Morgan fingerprint density at radius 2 is 1.75 bits per heavy atom. The number of carbonyl (C=O) groups excluding carboxylic acids is 2. The Morgan fingerprint density at radius 3 is 2.46 bits per heavy atom. The van der Waals surface area contributed by atoms with Gasteiger partial charge in [0.15, 0.2) is 6.29 Å². The molecule has 0 saturated carbocycles. The summed E-state index contributed by atoms with van der Waals surface area (Å²) in [6.45, 7) is 1.22. The molecule has 2 aliphatic rings. The van der Waals surface area contributed by atoms with Gasteiger partial charge in [-0.3, -0.25) is 14.5 Å². The van der Waals surface area contributed by atoms with E-state index in [1.54, 1.807) is 24.3 Å². The number of fused-ring (bicyclic) bond motifs is 1. The largest absolute Gasteiger partial charge is 0.465 e. The van der Waals surface area contributed by atoms with E-state index >= 15 is 0 Å². The van der Waals surface area contributed by atoms with E-state index in [2.05, 4.69) is 12.1 Å². The Kier molecular flexibility index (Phi) is 5.72. The molecule has 0 N–H and O–H groups in total. The van der Waals surface area contributed by atoms with E-state index in [4.69, 9.17) is 9.47 Å². The topological polar surface area (TPSA) is 55.8 Å². The first kappa shape index (κ1) is 18.7. The van der Waals surface area contributed by atoms with Gasteiger partial charge in [-0.05, 0) is 61.9 Å². The van der Waals surface area contributed by atoms with Gasteiger partial charge in [0.05, 0.1) is 17.7 Å². The van der Waals surface area contributed by atoms with Crippen molar-refractivity contribution in [3.8, 4) is 5.75 Å². The van der Waals surface area contributed by atoms with Gasteiger partial charge in [-0.25, -0.2) is 0 Å². The van der Waals surface area contributed by atoms with Crippen LogP contribution in [0.25, 0.3) is 0 Å². The highest BCUT2D eigenvalue weighted by molar-refractivity contribution is 6.21. The van der Waals surface area contributed by atoms with Gasteiger partial charge >= 0.3 is 0 Å². The summed E-state index contributed by atoms with van der Waals surface area (Å²) in [5.74, 6) is 0.483. The number of carbonyl (C=O) groups is 2. The zero-order valence-electron chi connectivity index (χ0n) is 15.9. The van der Waals surface area contributed by atoms with Crippen molar-refractivity contribution in [2.75, 3.05) is 13.2 Å². The van der Waals surface area contributed by atoms with E-state index in [1.165, 1.54) is 10.5 Å². The number of aryl methyl sites for hydroxylation is 1. The van der Waals surface area contributed by atoms with Crippen LogP contribution in [0.5, 0.6) is 5.75 Å². The Balaban J connectivity index is 1.26. The summed E-state index contributed by atoms with van der Waals surface area (Å²) in [4.78, 5) is 26.1. The molecular formula is C23H25NO4. The van der Waals surface area contributed by atoms with Crippen LogP contribution >= 0.6 is 0 Å². The predicted octanol–water partition coefficient (Wildman–Crippen LogP) is 4.21. The zero-order valence-corrected chi connectivity index (χ0v) is 15.9. The van der Waals surface area contributed by atoms with Crippen molar-refractivity contribution in [1.29, 1.82) is 0 Å². The molecule has 2 aromatic rings. The Hall–Kier alpha value is -2.66. The summed E-state index contributed by atoms with van der Waals surface area (Å²) in [5.41, 5.74) is 2.22. The van der Waals surface area contributed by atoms with Crippen molar-refractivity contribution in [2.45, 2.75) is 44.8 Å². The second-order valence-corrected chi connectivity index (χ2v) is 7.33. The molecule has 0 aliphatic carbocycles. The summed E-state index contributed by atoms with van der Waals surface area (Å²) < 4.78 is 11.6. The highest BCUT2D eigenvalue weighted by Crippen LogP contribution is 2.24. The summed E-state index contributed by atoms with van der Waals surface area (Å²) in [6.07, 6.45) is 5.60. The number of rotatable bonds is 7. The Morgan fingerprint density at radius 1 is 0.964 bits per heavy atom. The molecule has 1 atom stereocenters. The van der Waals surface area contributed by atoms with Crippen LogP contribution in [0.4, 0.5) is 0 Å². The normalized spacial score (nSPS) is 19.0. The van der Waals surface area contributed by atoms with E-state index in [-0.39, 0.29) is 18.1 Å². The van der Waals surface area contributed by atoms with Crippen LogP contribution in [0.1, 0.15) is 58.4 Å². The first-order chi connectivity index (χ1) is 13.7. The highest BCUT2D eigenvalue weighted by atomic mass is 16.7. The molecule has 1 saturated heterocycles. The molecule has 0 radical (unpaired) electrons. The van der Waals surface area contributed by atoms with Gasteiger partial charge in [0.2, 0.25) is 0 Å². The minimum absolute atomic E-state index is 0.141. The Bertz CT molecular complexity index is 822. The van der Waals surface area contributed by atoms with Crippen molar-refractivity contribution >= 4 is 11.8 Å². The fraction of sp³-hybridized carbons (Fsp3) is 0.391. The third kappa shape index (κ3) is 4.09. The molecule has 2 heterocycles. The third-order valence-corrected chi connectivity index (χ3v) is 5.28. The van der Waals surface area contributed by atoms with Crippen LogP contribution in [0.15, 0.2) is 48.5 Å². The lowest BCUT2D eigenvalue weighted by molar-refractivity contribution is -0.105. The monoisotopic (exact) mass is 379 g/mol. The molecule has 2 aliphatic heterocycles. The highest BCUT2D eigenvalue weighted by Gasteiger charge is 2.34. The van der Waals surface area contributed by atoms with Gasteiger partial charge in [-0.1, -0.05) is 24.3 Å². The van der Waals surface area contributed by atoms with E-state index in [0.717, 1.165) is 50.9 Å². The second-order valence-electron chi connectivity index (χ2n) is 7.33. The van der Waals surface area contributed by atoms with Gasteiger partial charge < -0.3 is 9.47 Å². The van der Waals surface area contributed by atoms with Crippen LogP contribution in [0.2, 0.25) is 0 Å². The molecule has 28 heavy (non-hydrogen) atoms. The van der Waals surface area contributed by atoms with Gasteiger partial charge in [0.25, 0.3) is 11.8 Å². The summed E-state index contributed by atoms with van der Waals surface area (Å²) in [5, 5.41) is 0. The number of unbranched alkanes of at least 4 members (excludes halogenated alkanes) is 1. The van der Waals surface area contributed by atoms with Crippen LogP contribution in [0, 0.1) is 0 Å². The lowest BCUT2D eigenvalue weighted by Crippen LogP contribution is -2.30. The smallest absolute Gasteiger partial charge is 0.261 e. The zero-order chi connectivity index (χ0) is 19.3. The van der Waals surface area contributed by atoms with Crippen LogP contribution in [0.3, 0.4) is 0 Å². The summed E-state index contributed by atoms with van der Waals surface area (Å²) in [6, 6.07) is 15.1. The molecule has 4 rings (SSSR count). The van der Waals surface area contributed by atoms with Gasteiger partial charge in [0.1, 0.15) is 5.75 Å². The molecule has 1 unspecified atom stereocenters. The van der Waals surface area contributed by atoms with Crippen LogP contribution in [-0.2, 0) is 11.2 Å². The SMILES string of the molecule is O=C1c2ccccc2C(=O)N1CCCCc1cccc(OC2CCCCO2)c1. The predicted molar refractivity (Wildman–Crippen MR) is 105 cm³/mol. The second kappa shape index (κ2) is 8.57. The average Bonchev–Trinajstić information content (AvgIpc) is 2.97. The number of hydrogen-bond donors (Lipinski definition) is 0. The summed E-state index contributed by atoms with van der Waals surface area (Å²) in [7, 11) is 0. The molecule has 0 aromatic heterocycles. The van der Waals surface area contributed by atoms with E-state index in [1.807, 2.05) is 12.1 Å². The molecule has 146 valence electrons. The average molecular weight is 379 g/mol. The fourth-order valence-corrected chi connectivity index (χ4v) is 3.77. The third-order valence-electron chi connectivity index (χ3n) is 5.28. The number of hydrogen-bond acceptors (Lipinski definition) is 4. The number of imide groups is 1. The van der Waals surface area contributed by atoms with Crippen LogP contribution in [-0.4, -0.2) is 36.2 Å². The van der Waals surface area contributed by atoms with Crippen LogP contribution < -0.4 is 4.74 Å². The standard InChI is InChI=1S/C23H25NO4/c25-22-19-11-1-2-12-20(19)23(26)24(22)14-5-3-8-17-9-7-10-18(16-17)28-21-13-4-6-15-27-21/h1-2,7,9-12,16,21H,3-6,8,13-15H2. The lowest BCUT2D eigenvalue weighted by atomic mass is 10.1. The number of ether oxygens (including phenoxy) is 2. The molecule has 1 fully saturated rings. The van der Waals surface area contributed by atoms with Gasteiger partial charge in [-0.15, -0.1) is 0 Å². The van der Waals surface area contributed by atoms with Gasteiger partial charge in [-0.2, -0.15) is 0 Å². The number of benzene rings is 2. The fourth-order valence-electron chi connectivity index (χ4n) is 3.77. The molecule has 0 bridgehead atoms. The minimum Gasteiger partial charge on any atom is -0.465 e. The van der Waals surface area contributed by atoms with Crippen molar-refractivity contribution in [1.82, 2.24) is 4.90 Å².